The minimum absolute atomic E-state index is 0.0468. The van der Waals surface area contributed by atoms with Crippen molar-refractivity contribution in [1.82, 2.24) is 15.5 Å². The molecule has 9 heteroatoms. The summed E-state index contributed by atoms with van der Waals surface area (Å²) in [4.78, 5) is 51.8. The highest BCUT2D eigenvalue weighted by atomic mass is 16.6. The second-order valence-corrected chi connectivity index (χ2v) is 9.53. The number of carbonyl (C=O) groups is 4. The van der Waals surface area contributed by atoms with E-state index >= 15 is 0 Å². The highest BCUT2D eigenvalue weighted by Gasteiger charge is 2.51. The van der Waals surface area contributed by atoms with Crippen LogP contribution >= 0.6 is 0 Å². The first-order valence-electron chi connectivity index (χ1n) is 10.8. The van der Waals surface area contributed by atoms with Crippen molar-refractivity contribution in [3.8, 4) is 0 Å². The summed E-state index contributed by atoms with van der Waals surface area (Å²) in [5.74, 6) is -1.14. The average Bonchev–Trinajstić information content (AvgIpc) is 3.34. The molecular weight excluding hydrogens is 390 g/mol. The van der Waals surface area contributed by atoms with Crippen molar-refractivity contribution in [3.63, 3.8) is 0 Å². The number of esters is 1. The molecule has 0 radical (unpaired) electrons. The first-order valence-corrected chi connectivity index (χ1v) is 10.8. The Morgan fingerprint density at radius 1 is 1.23 bits per heavy atom. The highest BCUT2D eigenvalue weighted by Crippen LogP contribution is 2.42. The van der Waals surface area contributed by atoms with Crippen molar-refractivity contribution in [1.29, 1.82) is 0 Å². The zero-order valence-electron chi connectivity index (χ0n) is 18.2. The first kappa shape index (κ1) is 22.4. The van der Waals surface area contributed by atoms with Gasteiger partial charge in [-0.25, -0.2) is 9.59 Å². The minimum Gasteiger partial charge on any atom is -0.467 e. The summed E-state index contributed by atoms with van der Waals surface area (Å²) in [5, 5.41) is 5.52. The van der Waals surface area contributed by atoms with Crippen LogP contribution in [0.1, 0.15) is 52.9 Å². The lowest BCUT2D eigenvalue weighted by atomic mass is 9.92. The number of fused-ring (bicyclic) bond motifs is 1. The van der Waals surface area contributed by atoms with Gasteiger partial charge in [0.1, 0.15) is 17.7 Å². The van der Waals surface area contributed by atoms with Gasteiger partial charge in [-0.2, -0.15) is 0 Å². The number of nitrogens with zero attached hydrogens (tertiary/aromatic N) is 1. The number of rotatable bonds is 5. The van der Waals surface area contributed by atoms with Gasteiger partial charge in [0.2, 0.25) is 11.8 Å². The molecule has 2 heterocycles. The highest BCUT2D eigenvalue weighted by molar-refractivity contribution is 5.91. The number of carbonyl (C=O) groups excluding carboxylic acids is 4. The molecule has 3 fully saturated rings. The lowest BCUT2D eigenvalue weighted by Gasteiger charge is -2.31. The quantitative estimate of drug-likeness (QED) is 0.643. The second kappa shape index (κ2) is 8.81. The fourth-order valence-electron chi connectivity index (χ4n) is 4.92. The number of ether oxygens (including phenoxy) is 2. The number of amides is 3. The molecule has 5 atom stereocenters. The van der Waals surface area contributed by atoms with Gasteiger partial charge in [0.25, 0.3) is 0 Å². The maximum atomic E-state index is 13.3. The van der Waals surface area contributed by atoms with Crippen molar-refractivity contribution >= 4 is 23.9 Å². The van der Waals surface area contributed by atoms with Crippen LogP contribution in [-0.2, 0) is 23.9 Å². The predicted molar refractivity (Wildman–Crippen MR) is 107 cm³/mol. The van der Waals surface area contributed by atoms with Gasteiger partial charge < -0.3 is 20.1 Å². The molecule has 168 valence electrons. The Morgan fingerprint density at radius 2 is 1.97 bits per heavy atom. The standard InChI is InChI=1S/C21H33N3O6/c1-21(2,3)30-20(28)24-11-13-6-5-7-14(13)16(24)18(26)23-15(19(27)29-4)10-12-8-9-22-17(12)25/h12-16H,5-11H2,1-4H3,(H,22,25)(H,23,26)/t12-,13-,14-,15-,16-/m0/s1. The molecule has 2 aliphatic heterocycles. The molecule has 3 aliphatic rings. The van der Waals surface area contributed by atoms with E-state index in [4.69, 9.17) is 9.47 Å². The van der Waals surface area contributed by atoms with Crippen LogP contribution in [0.3, 0.4) is 0 Å². The molecule has 0 aromatic heterocycles. The summed E-state index contributed by atoms with van der Waals surface area (Å²) >= 11 is 0. The summed E-state index contributed by atoms with van der Waals surface area (Å²) in [7, 11) is 1.26. The monoisotopic (exact) mass is 423 g/mol. The molecule has 2 saturated heterocycles. The molecule has 0 aromatic rings. The Balaban J connectivity index is 1.75. The van der Waals surface area contributed by atoms with Gasteiger partial charge in [0, 0.05) is 19.0 Å². The normalized spacial score (nSPS) is 29.2. The van der Waals surface area contributed by atoms with Crippen LogP contribution in [0.25, 0.3) is 0 Å². The predicted octanol–water partition coefficient (Wildman–Crippen LogP) is 1.21. The maximum Gasteiger partial charge on any atom is 0.410 e. The van der Waals surface area contributed by atoms with Crippen molar-refractivity contribution in [2.75, 3.05) is 20.2 Å². The number of methoxy groups -OCH3 is 1. The first-order chi connectivity index (χ1) is 14.1. The summed E-state index contributed by atoms with van der Waals surface area (Å²) in [6.45, 7) is 6.40. The Labute approximate surface area is 177 Å². The van der Waals surface area contributed by atoms with Crippen LogP contribution in [0.2, 0.25) is 0 Å². The molecule has 0 unspecified atom stereocenters. The third kappa shape index (κ3) is 4.87. The fraction of sp³-hybridized carbons (Fsp3) is 0.810. The van der Waals surface area contributed by atoms with E-state index in [0.29, 0.717) is 19.5 Å². The molecule has 0 aromatic carbocycles. The van der Waals surface area contributed by atoms with Crippen LogP contribution in [0.5, 0.6) is 0 Å². The van der Waals surface area contributed by atoms with E-state index < -0.39 is 29.7 Å². The lowest BCUT2D eigenvalue weighted by Crippen LogP contribution is -2.54. The van der Waals surface area contributed by atoms with E-state index in [0.717, 1.165) is 19.3 Å². The van der Waals surface area contributed by atoms with Gasteiger partial charge in [0.05, 0.1) is 7.11 Å². The van der Waals surface area contributed by atoms with Gasteiger partial charge >= 0.3 is 12.1 Å². The van der Waals surface area contributed by atoms with E-state index in [2.05, 4.69) is 10.6 Å². The van der Waals surface area contributed by atoms with Crippen molar-refractivity contribution < 1.29 is 28.7 Å². The molecule has 3 rings (SSSR count). The minimum atomic E-state index is -0.933. The Kier molecular flexibility index (Phi) is 6.57. The molecule has 0 spiro atoms. The molecule has 2 N–H and O–H groups in total. The smallest absolute Gasteiger partial charge is 0.410 e. The summed E-state index contributed by atoms with van der Waals surface area (Å²) in [5.41, 5.74) is -0.666. The topological polar surface area (TPSA) is 114 Å². The number of hydrogen-bond donors (Lipinski definition) is 2. The van der Waals surface area contributed by atoms with Crippen LogP contribution in [-0.4, -0.2) is 66.7 Å². The molecule has 3 amide bonds. The largest absolute Gasteiger partial charge is 0.467 e. The zero-order valence-corrected chi connectivity index (χ0v) is 18.2. The molecular formula is C21H33N3O6. The fourth-order valence-corrected chi connectivity index (χ4v) is 4.92. The molecule has 1 aliphatic carbocycles. The number of likely N-dealkylation sites (tertiary alicyclic amines) is 1. The van der Waals surface area contributed by atoms with Gasteiger partial charge in [-0.1, -0.05) is 6.42 Å². The Morgan fingerprint density at radius 3 is 2.57 bits per heavy atom. The maximum absolute atomic E-state index is 13.3. The summed E-state index contributed by atoms with van der Waals surface area (Å²) in [6, 6.07) is -1.62. The lowest BCUT2D eigenvalue weighted by molar-refractivity contribution is -0.146. The van der Waals surface area contributed by atoms with Crippen LogP contribution in [0.15, 0.2) is 0 Å². The average molecular weight is 424 g/mol. The van der Waals surface area contributed by atoms with E-state index in [1.54, 1.807) is 20.8 Å². The summed E-state index contributed by atoms with van der Waals surface area (Å²) in [6.07, 6.45) is 3.12. The van der Waals surface area contributed by atoms with Gasteiger partial charge in [0.15, 0.2) is 0 Å². The Hall–Kier alpha value is -2.32. The van der Waals surface area contributed by atoms with Gasteiger partial charge in [-0.05, 0) is 58.3 Å². The third-order valence-corrected chi connectivity index (χ3v) is 6.27. The van der Waals surface area contributed by atoms with Crippen molar-refractivity contribution in [2.45, 2.75) is 70.6 Å². The van der Waals surface area contributed by atoms with E-state index in [1.807, 2.05) is 0 Å². The molecule has 1 saturated carbocycles. The molecule has 0 bridgehead atoms. The SMILES string of the molecule is COC(=O)[C@H](C[C@@H]1CCNC1=O)NC(=O)[C@@H]1[C@H]2CCC[C@H]2CN1C(=O)OC(C)(C)C. The van der Waals surface area contributed by atoms with Crippen molar-refractivity contribution in [2.24, 2.45) is 17.8 Å². The third-order valence-electron chi connectivity index (χ3n) is 6.27. The zero-order chi connectivity index (χ0) is 22.1. The van der Waals surface area contributed by atoms with Crippen LogP contribution < -0.4 is 10.6 Å². The van der Waals surface area contributed by atoms with Gasteiger partial charge in [-0.3, -0.25) is 14.5 Å². The number of nitrogens with one attached hydrogen (secondary N) is 2. The van der Waals surface area contributed by atoms with E-state index in [9.17, 15) is 19.2 Å². The summed E-state index contributed by atoms with van der Waals surface area (Å²) < 4.78 is 10.4. The van der Waals surface area contributed by atoms with E-state index in [1.165, 1.54) is 12.0 Å². The van der Waals surface area contributed by atoms with Crippen LogP contribution in [0, 0.1) is 17.8 Å². The Bertz CT molecular complexity index is 703. The van der Waals surface area contributed by atoms with Crippen LogP contribution in [0.4, 0.5) is 4.79 Å². The molecule has 9 nitrogen and oxygen atoms in total. The van der Waals surface area contributed by atoms with Gasteiger partial charge in [-0.15, -0.1) is 0 Å². The second-order valence-electron chi connectivity index (χ2n) is 9.53. The van der Waals surface area contributed by atoms with E-state index in [-0.39, 0.29) is 36.0 Å². The van der Waals surface area contributed by atoms with Crippen molar-refractivity contribution in [3.05, 3.63) is 0 Å². The number of hydrogen-bond acceptors (Lipinski definition) is 6. The molecule has 30 heavy (non-hydrogen) atoms.